The van der Waals surface area contributed by atoms with E-state index in [2.05, 4.69) is 20.7 Å². The monoisotopic (exact) mass is 244 g/mol. The van der Waals surface area contributed by atoms with E-state index in [0.29, 0.717) is 10.0 Å². The Kier molecular flexibility index (Phi) is 3.45. The van der Waals surface area contributed by atoms with Gasteiger partial charge in [0.2, 0.25) is 0 Å². The maximum atomic E-state index is 11.0. The number of esters is 1. The minimum absolute atomic E-state index is 0.509. The molecule has 0 radical (unpaired) electrons. The highest BCUT2D eigenvalue weighted by molar-refractivity contribution is 9.10. The van der Waals surface area contributed by atoms with Crippen molar-refractivity contribution in [2.24, 2.45) is 0 Å². The Morgan fingerprint density at radius 1 is 1.54 bits per heavy atom. The van der Waals surface area contributed by atoms with Crippen LogP contribution in [0.4, 0.5) is 0 Å². The number of carbonyl (C=O) groups excluding carboxylic acids is 1. The minimum atomic E-state index is -1.22. The first-order valence-electron chi connectivity index (χ1n) is 3.67. The lowest BCUT2D eigenvalue weighted by Crippen LogP contribution is -2.13. The van der Waals surface area contributed by atoms with E-state index in [4.69, 9.17) is 0 Å². The van der Waals surface area contributed by atoms with Crippen molar-refractivity contribution < 1.29 is 14.6 Å². The summed E-state index contributed by atoms with van der Waals surface area (Å²) in [5, 5.41) is 9.47. The van der Waals surface area contributed by atoms with Crippen LogP contribution in [0.25, 0.3) is 0 Å². The number of hydrogen-bond donors (Lipinski definition) is 1. The van der Waals surface area contributed by atoms with Crippen molar-refractivity contribution in [3.05, 3.63) is 34.3 Å². The Labute approximate surface area is 84.5 Å². The first-order chi connectivity index (χ1) is 6.16. The van der Waals surface area contributed by atoms with Gasteiger partial charge in [-0.15, -0.1) is 0 Å². The molecule has 0 aliphatic heterocycles. The number of carbonyl (C=O) groups is 1. The van der Waals surface area contributed by atoms with Gasteiger partial charge in [-0.25, -0.2) is 4.79 Å². The number of aliphatic hydroxyl groups is 1. The van der Waals surface area contributed by atoms with Gasteiger partial charge in [0.05, 0.1) is 7.11 Å². The van der Waals surface area contributed by atoms with Crippen molar-refractivity contribution in [2.45, 2.75) is 6.10 Å². The molecule has 0 saturated heterocycles. The van der Waals surface area contributed by atoms with E-state index in [9.17, 15) is 9.90 Å². The number of ether oxygens (including phenoxy) is 1. The second kappa shape index (κ2) is 4.39. The zero-order valence-electron chi connectivity index (χ0n) is 7.03. The molecule has 4 heteroatoms. The van der Waals surface area contributed by atoms with E-state index >= 15 is 0 Å². The molecule has 0 heterocycles. The molecule has 0 aliphatic rings. The lowest BCUT2D eigenvalue weighted by molar-refractivity contribution is -0.150. The van der Waals surface area contributed by atoms with Gasteiger partial charge in [-0.05, 0) is 6.07 Å². The second-order valence-electron chi connectivity index (χ2n) is 2.45. The number of rotatable bonds is 2. The van der Waals surface area contributed by atoms with Gasteiger partial charge in [0.25, 0.3) is 0 Å². The van der Waals surface area contributed by atoms with Crippen LogP contribution in [0.1, 0.15) is 11.7 Å². The van der Waals surface area contributed by atoms with Gasteiger partial charge in [-0.2, -0.15) is 0 Å². The zero-order valence-corrected chi connectivity index (χ0v) is 8.61. The van der Waals surface area contributed by atoms with Gasteiger partial charge in [-0.3, -0.25) is 0 Å². The lowest BCUT2D eigenvalue weighted by atomic mass is 10.1. The number of methoxy groups -OCH3 is 1. The summed E-state index contributed by atoms with van der Waals surface area (Å²) in [6, 6.07) is 6.96. The van der Waals surface area contributed by atoms with E-state index in [0.717, 1.165) is 0 Å². The molecule has 0 amide bonds. The quantitative estimate of drug-likeness (QED) is 0.806. The molecule has 1 aromatic carbocycles. The van der Waals surface area contributed by atoms with E-state index in [1.165, 1.54) is 7.11 Å². The maximum absolute atomic E-state index is 11.0. The van der Waals surface area contributed by atoms with E-state index < -0.39 is 12.1 Å². The molecule has 3 nitrogen and oxygen atoms in total. The fourth-order valence-corrected chi connectivity index (χ4v) is 1.44. The van der Waals surface area contributed by atoms with Crippen LogP contribution in [-0.2, 0) is 9.53 Å². The van der Waals surface area contributed by atoms with E-state index in [-0.39, 0.29) is 0 Å². The van der Waals surface area contributed by atoms with Crippen molar-refractivity contribution in [3.8, 4) is 0 Å². The van der Waals surface area contributed by atoms with Crippen LogP contribution in [0.15, 0.2) is 28.7 Å². The second-order valence-corrected chi connectivity index (χ2v) is 3.30. The van der Waals surface area contributed by atoms with Gasteiger partial charge in [-0.1, -0.05) is 34.1 Å². The SMILES string of the molecule is COC(=O)[C@H](O)c1ccccc1Br. The molecule has 0 aromatic heterocycles. The fourth-order valence-electron chi connectivity index (χ4n) is 0.935. The highest BCUT2D eigenvalue weighted by Gasteiger charge is 2.19. The van der Waals surface area contributed by atoms with Crippen LogP contribution in [0.5, 0.6) is 0 Å². The third-order valence-electron chi connectivity index (χ3n) is 1.62. The summed E-state index contributed by atoms with van der Waals surface area (Å²) in [6.45, 7) is 0. The summed E-state index contributed by atoms with van der Waals surface area (Å²) in [6.07, 6.45) is -1.22. The Hall–Kier alpha value is -0.870. The number of aliphatic hydroxyl groups excluding tert-OH is 1. The zero-order chi connectivity index (χ0) is 9.84. The molecule has 1 atom stereocenters. The predicted octanol–water partition coefficient (Wildman–Crippen LogP) is 1.66. The molecule has 0 unspecified atom stereocenters. The Bertz CT molecular complexity index is 311. The third kappa shape index (κ3) is 2.29. The standard InChI is InChI=1S/C9H9BrO3/c1-13-9(12)8(11)6-4-2-3-5-7(6)10/h2-5,8,11H,1H3/t8-/m1/s1. The number of hydrogen-bond acceptors (Lipinski definition) is 3. The van der Waals surface area contributed by atoms with Crippen LogP contribution in [-0.4, -0.2) is 18.2 Å². The average Bonchev–Trinajstić information content (AvgIpc) is 2.16. The van der Waals surface area contributed by atoms with Crippen molar-refractivity contribution in [2.75, 3.05) is 7.11 Å². The summed E-state index contributed by atoms with van der Waals surface area (Å²) in [5.74, 6) is -0.660. The third-order valence-corrected chi connectivity index (χ3v) is 2.35. The van der Waals surface area contributed by atoms with Crippen LogP contribution in [0, 0.1) is 0 Å². The molecule has 1 rings (SSSR count). The van der Waals surface area contributed by atoms with Crippen LogP contribution >= 0.6 is 15.9 Å². The molecule has 0 fully saturated rings. The fraction of sp³-hybridized carbons (Fsp3) is 0.222. The molecule has 0 aliphatic carbocycles. The number of benzene rings is 1. The van der Waals surface area contributed by atoms with Gasteiger partial charge in [0.1, 0.15) is 0 Å². The van der Waals surface area contributed by atoms with Crippen molar-refractivity contribution >= 4 is 21.9 Å². The summed E-state index contributed by atoms with van der Waals surface area (Å²) < 4.78 is 5.10. The molecule has 70 valence electrons. The normalized spacial score (nSPS) is 12.2. The number of halogens is 1. The summed E-state index contributed by atoms with van der Waals surface area (Å²) in [5.41, 5.74) is 0.509. The van der Waals surface area contributed by atoms with E-state index in [1.54, 1.807) is 24.3 Å². The van der Waals surface area contributed by atoms with Crippen LogP contribution in [0.2, 0.25) is 0 Å². The Morgan fingerprint density at radius 3 is 2.69 bits per heavy atom. The molecule has 0 spiro atoms. The molecular weight excluding hydrogens is 236 g/mol. The van der Waals surface area contributed by atoms with Gasteiger partial charge in [0, 0.05) is 10.0 Å². The Morgan fingerprint density at radius 2 is 2.15 bits per heavy atom. The largest absolute Gasteiger partial charge is 0.467 e. The molecule has 0 saturated carbocycles. The summed E-state index contributed by atoms with van der Waals surface area (Å²) in [7, 11) is 1.24. The van der Waals surface area contributed by atoms with Crippen molar-refractivity contribution in [1.29, 1.82) is 0 Å². The van der Waals surface area contributed by atoms with E-state index in [1.807, 2.05) is 0 Å². The average molecular weight is 245 g/mol. The van der Waals surface area contributed by atoms with Crippen molar-refractivity contribution in [1.82, 2.24) is 0 Å². The minimum Gasteiger partial charge on any atom is -0.467 e. The maximum Gasteiger partial charge on any atom is 0.339 e. The van der Waals surface area contributed by atoms with Gasteiger partial charge < -0.3 is 9.84 Å². The molecule has 1 aromatic rings. The molecular formula is C9H9BrO3. The first-order valence-corrected chi connectivity index (χ1v) is 4.46. The van der Waals surface area contributed by atoms with Crippen LogP contribution < -0.4 is 0 Å². The highest BCUT2D eigenvalue weighted by Crippen LogP contribution is 2.23. The molecule has 13 heavy (non-hydrogen) atoms. The first kappa shape index (κ1) is 10.2. The molecule has 0 bridgehead atoms. The van der Waals surface area contributed by atoms with Crippen LogP contribution in [0.3, 0.4) is 0 Å². The summed E-state index contributed by atoms with van der Waals surface area (Å²) >= 11 is 3.23. The predicted molar refractivity (Wildman–Crippen MR) is 51.1 cm³/mol. The lowest BCUT2D eigenvalue weighted by Gasteiger charge is -2.09. The van der Waals surface area contributed by atoms with Gasteiger partial charge in [0.15, 0.2) is 6.10 Å². The van der Waals surface area contributed by atoms with Gasteiger partial charge >= 0.3 is 5.97 Å². The highest BCUT2D eigenvalue weighted by atomic mass is 79.9. The smallest absolute Gasteiger partial charge is 0.339 e. The summed E-state index contributed by atoms with van der Waals surface area (Å²) in [4.78, 5) is 11.0. The van der Waals surface area contributed by atoms with Crippen molar-refractivity contribution in [3.63, 3.8) is 0 Å². The topological polar surface area (TPSA) is 46.5 Å². The molecule has 1 N–H and O–H groups in total. The Balaban J connectivity index is 2.95.